The summed E-state index contributed by atoms with van der Waals surface area (Å²) in [6, 6.07) is 59.0. The van der Waals surface area contributed by atoms with Crippen LogP contribution < -0.4 is 0 Å². The number of fused-ring (bicyclic) bond motifs is 6. The SMILES string of the molecule is C[SiH](C)[CH-]c1ccccc1.[CH2-]c1ccccc1.[Ti+4].[c-]1cccc2c1Cc1ccccc1-2.[c-]1cccc2c1Cc1ccccc1-2. The van der Waals surface area contributed by atoms with Crippen LogP contribution in [0, 0.1) is 25.1 Å². The smallest absolute Gasteiger partial charge is 0.199 e. The van der Waals surface area contributed by atoms with E-state index in [2.05, 4.69) is 141 Å². The minimum atomic E-state index is -0.522. The van der Waals surface area contributed by atoms with Crippen LogP contribution in [0.4, 0.5) is 0 Å². The van der Waals surface area contributed by atoms with Gasteiger partial charge in [0.05, 0.1) is 0 Å². The van der Waals surface area contributed by atoms with Crippen molar-refractivity contribution in [3.05, 3.63) is 204 Å². The largest absolute Gasteiger partial charge is 4.00 e. The molecule has 0 aliphatic heterocycles. The number of benzene rings is 6. The van der Waals surface area contributed by atoms with E-state index < -0.39 is 8.80 Å². The zero-order valence-electron chi connectivity index (χ0n) is 25.6. The number of hydrogen-bond donors (Lipinski definition) is 0. The molecule has 8 rings (SSSR count). The van der Waals surface area contributed by atoms with Gasteiger partial charge in [-0.3, -0.25) is 0 Å². The Hall–Kier alpha value is -4.01. The van der Waals surface area contributed by atoms with Crippen LogP contribution in [0.25, 0.3) is 22.3 Å². The number of rotatable bonds is 2. The van der Waals surface area contributed by atoms with Gasteiger partial charge < -0.3 is 0 Å². The van der Waals surface area contributed by atoms with Crippen molar-refractivity contribution in [3.8, 4) is 22.3 Å². The fraction of sp³-hybridized carbons (Fsp3) is 0.0952. The van der Waals surface area contributed by atoms with Crippen molar-refractivity contribution in [1.29, 1.82) is 0 Å². The summed E-state index contributed by atoms with van der Waals surface area (Å²) in [7, 11) is -0.522. The Morgan fingerprint density at radius 2 is 0.932 bits per heavy atom. The third-order valence-corrected chi connectivity index (χ3v) is 8.45. The van der Waals surface area contributed by atoms with Crippen molar-refractivity contribution < 1.29 is 21.7 Å². The van der Waals surface area contributed by atoms with Gasteiger partial charge in [0, 0.05) is 0 Å². The molecule has 44 heavy (non-hydrogen) atoms. The molecular weight excluding hydrogens is 580 g/mol. The molecule has 0 atom stereocenters. The quantitative estimate of drug-likeness (QED) is 0.134. The summed E-state index contributed by atoms with van der Waals surface area (Å²) in [4.78, 5) is 0. The maximum Gasteiger partial charge on any atom is 4.00 e. The third kappa shape index (κ3) is 9.00. The Morgan fingerprint density at radius 3 is 1.36 bits per heavy atom. The number of hydrogen-bond acceptors (Lipinski definition) is 0. The molecule has 0 fully saturated rings. The summed E-state index contributed by atoms with van der Waals surface area (Å²) in [5.41, 5.74) is 13.5. The Morgan fingerprint density at radius 1 is 0.523 bits per heavy atom. The molecule has 0 radical (unpaired) electrons. The molecule has 0 heterocycles. The van der Waals surface area contributed by atoms with Gasteiger partial charge >= 0.3 is 21.7 Å². The van der Waals surface area contributed by atoms with Gasteiger partial charge in [-0.1, -0.05) is 96.0 Å². The van der Waals surface area contributed by atoms with Crippen LogP contribution >= 0.6 is 0 Å². The molecule has 0 saturated carbocycles. The fourth-order valence-corrected chi connectivity index (χ4v) is 6.41. The minimum Gasteiger partial charge on any atom is -0.199 e. The zero-order chi connectivity index (χ0) is 29.9. The van der Waals surface area contributed by atoms with Crippen molar-refractivity contribution in [2.75, 3.05) is 0 Å². The molecule has 6 aromatic carbocycles. The second-order valence-electron chi connectivity index (χ2n) is 11.1. The van der Waals surface area contributed by atoms with Gasteiger partial charge in [-0.15, -0.1) is 35.4 Å². The van der Waals surface area contributed by atoms with Gasteiger partial charge in [0.1, 0.15) is 0 Å². The van der Waals surface area contributed by atoms with Gasteiger partial charge in [0.15, 0.2) is 0 Å². The Kier molecular flexibility index (Phi) is 12.5. The van der Waals surface area contributed by atoms with Gasteiger partial charge in [-0.05, 0) is 21.6 Å². The first-order valence-corrected chi connectivity index (χ1v) is 18.0. The Labute approximate surface area is 281 Å². The standard InChI is InChI=1S/2C13H9.C9H13Si.C7H7.Ti/c2*1-3-7-12-10(5-1)9-11-6-2-4-8-13(11)12;1-10(2)8-9-6-4-3-5-7-9;1-7-5-3-2-4-6-7;/h2*1-5,7-8H,9H2;3-8,10H,1-2H3;2-6H,1H2;/q4*-1;+4. The predicted octanol–water partition coefficient (Wildman–Crippen LogP) is 10.2. The van der Waals surface area contributed by atoms with Crippen LogP contribution in [0.2, 0.25) is 13.1 Å². The molecule has 2 heteroatoms. The van der Waals surface area contributed by atoms with Crippen LogP contribution in [0.5, 0.6) is 0 Å². The zero-order valence-corrected chi connectivity index (χ0v) is 28.3. The molecule has 0 nitrogen and oxygen atoms in total. The van der Waals surface area contributed by atoms with Crippen molar-refractivity contribution in [2.24, 2.45) is 0 Å². The summed E-state index contributed by atoms with van der Waals surface area (Å²) in [6.45, 7) is 8.37. The van der Waals surface area contributed by atoms with Crippen LogP contribution in [0.3, 0.4) is 0 Å². The minimum absolute atomic E-state index is 0. The molecule has 2 aliphatic carbocycles. The van der Waals surface area contributed by atoms with Gasteiger partial charge in [-0.2, -0.15) is 108 Å². The fourth-order valence-electron chi connectivity index (χ4n) is 5.42. The molecule has 0 aromatic heterocycles. The third-order valence-electron chi connectivity index (χ3n) is 7.40. The van der Waals surface area contributed by atoms with Crippen molar-refractivity contribution >= 4 is 8.80 Å². The van der Waals surface area contributed by atoms with E-state index in [0.29, 0.717) is 0 Å². The van der Waals surface area contributed by atoms with Crippen molar-refractivity contribution in [1.82, 2.24) is 0 Å². The first-order chi connectivity index (χ1) is 21.1. The maximum atomic E-state index is 3.72. The summed E-state index contributed by atoms with van der Waals surface area (Å²) in [6.07, 6.45) is 2.10. The van der Waals surface area contributed by atoms with Crippen LogP contribution in [-0.4, -0.2) is 8.80 Å². The molecule has 0 unspecified atom stereocenters. The van der Waals surface area contributed by atoms with Gasteiger partial charge in [0.25, 0.3) is 0 Å². The van der Waals surface area contributed by atoms with Crippen LogP contribution in [0.15, 0.2) is 146 Å². The van der Waals surface area contributed by atoms with E-state index in [-0.39, 0.29) is 21.7 Å². The van der Waals surface area contributed by atoms with Gasteiger partial charge in [-0.25, -0.2) is 0 Å². The van der Waals surface area contributed by atoms with E-state index in [1.54, 1.807) is 0 Å². The van der Waals surface area contributed by atoms with Crippen LogP contribution in [0.1, 0.15) is 33.4 Å². The average molecular weight is 619 g/mol. The molecule has 6 aromatic rings. The molecule has 0 N–H and O–H groups in total. The average Bonchev–Trinajstić information content (AvgIpc) is 3.61. The first kappa shape index (κ1) is 32.9. The summed E-state index contributed by atoms with van der Waals surface area (Å²) >= 11 is 0. The van der Waals surface area contributed by atoms with Crippen LogP contribution in [-0.2, 0) is 34.6 Å². The summed E-state index contributed by atoms with van der Waals surface area (Å²) < 4.78 is 0. The molecule has 0 amide bonds. The predicted molar refractivity (Wildman–Crippen MR) is 187 cm³/mol. The molecule has 0 bridgehead atoms. The molecule has 2 aliphatic rings. The van der Waals surface area contributed by atoms with E-state index in [4.69, 9.17) is 0 Å². The summed E-state index contributed by atoms with van der Waals surface area (Å²) in [5, 5.41) is 0. The van der Waals surface area contributed by atoms with E-state index in [1.807, 2.05) is 42.5 Å². The first-order valence-electron chi connectivity index (χ1n) is 15.0. The summed E-state index contributed by atoms with van der Waals surface area (Å²) in [5.74, 6) is 0. The van der Waals surface area contributed by atoms with E-state index >= 15 is 0 Å². The normalized spacial score (nSPS) is 10.9. The molecule has 0 saturated heterocycles. The molecule has 214 valence electrons. The molecule has 0 spiro atoms. The topological polar surface area (TPSA) is 0 Å². The molecular formula is C42H38SiTi. The monoisotopic (exact) mass is 618 g/mol. The van der Waals surface area contributed by atoms with E-state index in [9.17, 15) is 0 Å². The van der Waals surface area contributed by atoms with E-state index in [0.717, 1.165) is 18.4 Å². The van der Waals surface area contributed by atoms with Crippen molar-refractivity contribution in [3.63, 3.8) is 0 Å². The second-order valence-corrected chi connectivity index (χ2v) is 13.9. The van der Waals surface area contributed by atoms with Crippen molar-refractivity contribution in [2.45, 2.75) is 25.9 Å². The Balaban J connectivity index is 0.000000136. The van der Waals surface area contributed by atoms with E-state index in [1.165, 1.54) is 50.1 Å². The second kappa shape index (κ2) is 16.7. The maximum absolute atomic E-state index is 3.72. The van der Waals surface area contributed by atoms with Gasteiger partial charge in [0.2, 0.25) is 0 Å². The Bertz CT molecular complexity index is 1550.